The van der Waals surface area contributed by atoms with Crippen molar-refractivity contribution in [2.75, 3.05) is 0 Å². The minimum atomic E-state index is -0.0799. The van der Waals surface area contributed by atoms with Crippen LogP contribution in [0, 0.1) is 6.92 Å². The summed E-state index contributed by atoms with van der Waals surface area (Å²) in [7, 11) is 0. The molecular weight excluding hydrogens is 328 g/mol. The third-order valence-corrected chi connectivity index (χ3v) is 3.56. The monoisotopic (exact) mass is 340 g/mol. The Morgan fingerprint density at radius 2 is 2.05 bits per heavy atom. The Balaban J connectivity index is 2.53. The summed E-state index contributed by atoms with van der Waals surface area (Å²) in [6, 6.07) is 5.46. The zero-order valence-corrected chi connectivity index (χ0v) is 13.3. The quantitative estimate of drug-likeness (QED) is 0.775. The Hall–Kier alpha value is -1.13. The molecule has 0 fully saturated rings. The zero-order chi connectivity index (χ0) is 14.2. The number of carbonyl (C=O) groups is 1. The molecule has 0 unspecified atom stereocenters. The molecule has 0 aliphatic carbocycles. The smallest absolute Gasteiger partial charge is 0.212 e. The van der Waals surface area contributed by atoms with Gasteiger partial charge in [0.05, 0.1) is 10.7 Å². The van der Waals surface area contributed by atoms with Crippen LogP contribution in [0.15, 0.2) is 28.9 Å². The highest BCUT2D eigenvalue weighted by atomic mass is 79.9. The SMILES string of the molecule is Cc1cc(Cl)cc(C(=O)c2c(Br)cnn2C(C)C)c1. The molecule has 1 heterocycles. The number of hydrogen-bond acceptors (Lipinski definition) is 2. The van der Waals surface area contributed by atoms with Crippen molar-refractivity contribution >= 4 is 33.3 Å². The van der Waals surface area contributed by atoms with Gasteiger partial charge in [-0.1, -0.05) is 11.6 Å². The molecule has 0 atom stereocenters. The van der Waals surface area contributed by atoms with E-state index in [2.05, 4.69) is 21.0 Å². The lowest BCUT2D eigenvalue weighted by atomic mass is 10.1. The number of hydrogen-bond donors (Lipinski definition) is 0. The number of benzene rings is 1. The number of aryl methyl sites for hydroxylation is 1. The highest BCUT2D eigenvalue weighted by Crippen LogP contribution is 2.24. The van der Waals surface area contributed by atoms with Gasteiger partial charge < -0.3 is 0 Å². The number of aromatic nitrogens is 2. The lowest BCUT2D eigenvalue weighted by Crippen LogP contribution is -2.14. The summed E-state index contributed by atoms with van der Waals surface area (Å²) in [5.41, 5.74) is 2.09. The van der Waals surface area contributed by atoms with Crippen LogP contribution in [0.5, 0.6) is 0 Å². The minimum absolute atomic E-state index is 0.0799. The molecule has 5 heteroatoms. The molecule has 0 aliphatic rings. The molecule has 19 heavy (non-hydrogen) atoms. The van der Waals surface area contributed by atoms with Gasteiger partial charge in [0, 0.05) is 16.6 Å². The van der Waals surface area contributed by atoms with Gasteiger partial charge in [-0.05, 0) is 60.5 Å². The molecule has 1 aromatic carbocycles. The van der Waals surface area contributed by atoms with Crippen molar-refractivity contribution in [2.24, 2.45) is 0 Å². The molecule has 1 aromatic heterocycles. The van der Waals surface area contributed by atoms with Crippen LogP contribution in [0.4, 0.5) is 0 Å². The zero-order valence-electron chi connectivity index (χ0n) is 10.9. The number of halogens is 2. The molecule has 0 aliphatic heterocycles. The van der Waals surface area contributed by atoms with Crippen molar-refractivity contribution in [3.8, 4) is 0 Å². The number of carbonyl (C=O) groups excluding carboxylic acids is 1. The van der Waals surface area contributed by atoms with Crippen LogP contribution in [-0.4, -0.2) is 15.6 Å². The van der Waals surface area contributed by atoms with Gasteiger partial charge in [-0.25, -0.2) is 0 Å². The normalized spacial score (nSPS) is 11.1. The molecule has 0 saturated heterocycles. The van der Waals surface area contributed by atoms with E-state index >= 15 is 0 Å². The van der Waals surface area contributed by atoms with Crippen molar-refractivity contribution in [3.05, 3.63) is 50.7 Å². The van der Waals surface area contributed by atoms with E-state index < -0.39 is 0 Å². The molecule has 0 radical (unpaired) electrons. The Labute approximate surface area is 125 Å². The Bertz CT molecular complexity index is 614. The van der Waals surface area contributed by atoms with E-state index in [-0.39, 0.29) is 11.8 Å². The lowest BCUT2D eigenvalue weighted by Gasteiger charge is -2.11. The maximum atomic E-state index is 12.6. The molecular formula is C14H14BrClN2O. The predicted octanol–water partition coefficient (Wildman–Crippen LogP) is 4.42. The topological polar surface area (TPSA) is 34.9 Å². The van der Waals surface area contributed by atoms with Crippen LogP contribution in [-0.2, 0) is 0 Å². The van der Waals surface area contributed by atoms with Crippen molar-refractivity contribution in [3.63, 3.8) is 0 Å². The van der Waals surface area contributed by atoms with Crippen molar-refractivity contribution in [2.45, 2.75) is 26.8 Å². The Morgan fingerprint density at radius 1 is 1.37 bits per heavy atom. The van der Waals surface area contributed by atoms with Gasteiger partial charge in [0.25, 0.3) is 0 Å². The van der Waals surface area contributed by atoms with Crippen LogP contribution >= 0.6 is 27.5 Å². The van der Waals surface area contributed by atoms with E-state index in [4.69, 9.17) is 11.6 Å². The average molecular weight is 342 g/mol. The van der Waals surface area contributed by atoms with Crippen LogP contribution in [0.2, 0.25) is 5.02 Å². The summed E-state index contributed by atoms with van der Waals surface area (Å²) in [6.45, 7) is 5.89. The fraction of sp³-hybridized carbons (Fsp3) is 0.286. The fourth-order valence-electron chi connectivity index (χ4n) is 1.95. The van der Waals surface area contributed by atoms with Crippen molar-refractivity contribution < 1.29 is 4.79 Å². The number of nitrogens with zero attached hydrogens (tertiary/aromatic N) is 2. The first-order chi connectivity index (χ1) is 8.90. The van der Waals surface area contributed by atoms with Crippen LogP contribution < -0.4 is 0 Å². The molecule has 100 valence electrons. The second-order valence-corrected chi connectivity index (χ2v) is 6.02. The van der Waals surface area contributed by atoms with E-state index in [1.165, 1.54) is 0 Å². The first-order valence-electron chi connectivity index (χ1n) is 5.95. The summed E-state index contributed by atoms with van der Waals surface area (Å²) in [6.07, 6.45) is 1.64. The summed E-state index contributed by atoms with van der Waals surface area (Å²) in [5, 5.41) is 4.79. The van der Waals surface area contributed by atoms with E-state index in [0.717, 1.165) is 5.56 Å². The van der Waals surface area contributed by atoms with Gasteiger partial charge in [-0.3, -0.25) is 9.48 Å². The van der Waals surface area contributed by atoms with E-state index in [1.807, 2.05) is 32.9 Å². The van der Waals surface area contributed by atoms with Gasteiger partial charge in [-0.2, -0.15) is 5.10 Å². The predicted molar refractivity (Wildman–Crippen MR) is 79.9 cm³/mol. The molecule has 0 bridgehead atoms. The van der Waals surface area contributed by atoms with E-state index in [9.17, 15) is 4.79 Å². The minimum Gasteiger partial charge on any atom is -0.287 e. The molecule has 2 rings (SSSR count). The van der Waals surface area contributed by atoms with Gasteiger partial charge in [0.15, 0.2) is 0 Å². The highest BCUT2D eigenvalue weighted by molar-refractivity contribution is 9.10. The van der Waals surface area contributed by atoms with Crippen LogP contribution in [0.3, 0.4) is 0 Å². The van der Waals surface area contributed by atoms with E-state index in [1.54, 1.807) is 16.9 Å². The standard InChI is InChI=1S/C14H14BrClN2O/c1-8(2)18-13(12(15)7-17-18)14(19)10-4-9(3)5-11(16)6-10/h4-8H,1-3H3. The summed E-state index contributed by atoms with van der Waals surface area (Å²) < 4.78 is 2.41. The maximum absolute atomic E-state index is 12.6. The van der Waals surface area contributed by atoms with Gasteiger partial charge in [0.2, 0.25) is 5.78 Å². The van der Waals surface area contributed by atoms with Crippen molar-refractivity contribution in [1.29, 1.82) is 0 Å². The van der Waals surface area contributed by atoms with Crippen LogP contribution in [0.25, 0.3) is 0 Å². The molecule has 0 saturated carbocycles. The summed E-state index contributed by atoms with van der Waals surface area (Å²) in [4.78, 5) is 12.6. The Kier molecular flexibility index (Phi) is 4.11. The third-order valence-electron chi connectivity index (χ3n) is 2.76. The average Bonchev–Trinajstić information content (AvgIpc) is 2.69. The number of rotatable bonds is 3. The van der Waals surface area contributed by atoms with Crippen molar-refractivity contribution in [1.82, 2.24) is 9.78 Å². The van der Waals surface area contributed by atoms with Crippen LogP contribution in [0.1, 0.15) is 41.5 Å². The maximum Gasteiger partial charge on any atom is 0.212 e. The first-order valence-corrected chi connectivity index (χ1v) is 7.12. The summed E-state index contributed by atoms with van der Waals surface area (Å²) in [5.74, 6) is -0.0799. The Morgan fingerprint density at radius 3 is 2.63 bits per heavy atom. The second kappa shape index (κ2) is 5.47. The molecule has 2 aromatic rings. The van der Waals surface area contributed by atoms with Gasteiger partial charge >= 0.3 is 0 Å². The third kappa shape index (κ3) is 2.90. The first kappa shape index (κ1) is 14.3. The second-order valence-electron chi connectivity index (χ2n) is 4.73. The van der Waals surface area contributed by atoms with Gasteiger partial charge in [-0.15, -0.1) is 0 Å². The van der Waals surface area contributed by atoms with Gasteiger partial charge in [0.1, 0.15) is 5.69 Å². The lowest BCUT2D eigenvalue weighted by molar-refractivity contribution is 0.102. The molecule has 0 amide bonds. The number of ketones is 1. The molecule has 0 spiro atoms. The van der Waals surface area contributed by atoms with E-state index in [0.29, 0.717) is 20.8 Å². The molecule has 0 N–H and O–H groups in total. The fourth-order valence-corrected chi connectivity index (χ4v) is 2.69. The molecule has 3 nitrogen and oxygen atoms in total. The highest BCUT2D eigenvalue weighted by Gasteiger charge is 2.20. The summed E-state index contributed by atoms with van der Waals surface area (Å²) >= 11 is 9.39. The largest absolute Gasteiger partial charge is 0.287 e.